The number of amides is 1. The van der Waals surface area contributed by atoms with Crippen LogP contribution < -0.4 is 4.90 Å². The van der Waals surface area contributed by atoms with E-state index in [1.165, 1.54) is 30.4 Å². The third kappa shape index (κ3) is 4.52. The van der Waals surface area contributed by atoms with E-state index in [-0.39, 0.29) is 11.7 Å². The van der Waals surface area contributed by atoms with Crippen LogP contribution in [0, 0.1) is 5.82 Å². The minimum Gasteiger partial charge on any atom is -0.274 e. The molecule has 0 N–H and O–H groups in total. The van der Waals surface area contributed by atoms with Gasteiger partial charge in [0, 0.05) is 29.0 Å². The Morgan fingerprint density at radius 1 is 1.03 bits per heavy atom. The fourth-order valence-corrected chi connectivity index (χ4v) is 6.29. The summed E-state index contributed by atoms with van der Waals surface area (Å²) in [6, 6.07) is 15.9. The zero-order chi connectivity index (χ0) is 22.8. The smallest absolute Gasteiger partial charge is 0.230 e. The van der Waals surface area contributed by atoms with Crippen molar-refractivity contribution < 1.29 is 9.18 Å². The van der Waals surface area contributed by atoms with Crippen LogP contribution in [-0.2, 0) is 10.5 Å². The van der Waals surface area contributed by atoms with Crippen molar-refractivity contribution in [3.63, 3.8) is 0 Å². The van der Waals surface area contributed by atoms with E-state index in [0.717, 1.165) is 37.8 Å². The maximum absolute atomic E-state index is 13.4. The number of thioether (sulfide) groups is 1. The highest BCUT2D eigenvalue weighted by Gasteiger charge is 2.19. The first-order valence-corrected chi connectivity index (χ1v) is 12.8. The third-order valence-electron chi connectivity index (χ3n) is 4.91. The molecule has 2 aromatic carbocycles. The third-order valence-corrected chi connectivity index (χ3v) is 7.69. The van der Waals surface area contributed by atoms with Gasteiger partial charge in [-0.3, -0.25) is 9.69 Å². The standard InChI is InChI=1S/C24H17FN4OS3/c1-15(30)29(19-5-3-2-4-6-19)24-28-18(12-33-24)11-31-22-21-20(13-32-23(21)27-14-26-22)16-7-9-17(25)10-8-16/h2-10,12-14H,11H2,1H3. The van der Waals surface area contributed by atoms with Crippen LogP contribution in [0.25, 0.3) is 21.3 Å². The molecule has 0 radical (unpaired) electrons. The van der Waals surface area contributed by atoms with Gasteiger partial charge in [0.25, 0.3) is 0 Å². The van der Waals surface area contributed by atoms with Gasteiger partial charge in [-0.25, -0.2) is 19.3 Å². The first kappa shape index (κ1) is 21.7. The maximum Gasteiger partial charge on any atom is 0.230 e. The first-order valence-electron chi connectivity index (χ1n) is 10.0. The van der Waals surface area contributed by atoms with E-state index >= 15 is 0 Å². The first-order chi connectivity index (χ1) is 16.1. The molecule has 0 unspecified atom stereocenters. The maximum atomic E-state index is 13.4. The van der Waals surface area contributed by atoms with Crippen molar-refractivity contribution in [3.8, 4) is 11.1 Å². The Bertz CT molecular complexity index is 1420. The lowest BCUT2D eigenvalue weighted by Gasteiger charge is -2.17. The summed E-state index contributed by atoms with van der Waals surface area (Å²) < 4.78 is 13.4. The molecule has 3 heterocycles. The number of thiazole rings is 1. The summed E-state index contributed by atoms with van der Waals surface area (Å²) in [5, 5.41) is 6.45. The van der Waals surface area contributed by atoms with Crippen molar-refractivity contribution in [2.24, 2.45) is 0 Å². The molecule has 3 aromatic heterocycles. The highest BCUT2D eigenvalue weighted by molar-refractivity contribution is 7.98. The Hall–Kier alpha value is -3.14. The van der Waals surface area contributed by atoms with Gasteiger partial charge in [-0.15, -0.1) is 22.7 Å². The molecule has 0 saturated heterocycles. The molecule has 0 aliphatic rings. The monoisotopic (exact) mass is 492 g/mol. The minimum atomic E-state index is -0.265. The van der Waals surface area contributed by atoms with E-state index in [0.29, 0.717) is 10.9 Å². The number of carbonyl (C=O) groups is 1. The number of halogens is 1. The lowest BCUT2D eigenvalue weighted by atomic mass is 10.1. The van der Waals surface area contributed by atoms with Crippen LogP contribution in [0.1, 0.15) is 12.6 Å². The van der Waals surface area contributed by atoms with Gasteiger partial charge < -0.3 is 0 Å². The SMILES string of the molecule is CC(=O)N(c1ccccc1)c1nc(CSc2ncnc3scc(-c4ccc(F)cc4)c23)cs1. The Balaban J connectivity index is 1.41. The van der Waals surface area contributed by atoms with E-state index in [9.17, 15) is 9.18 Å². The van der Waals surface area contributed by atoms with Crippen LogP contribution in [0.3, 0.4) is 0 Å². The van der Waals surface area contributed by atoms with Gasteiger partial charge in [0.2, 0.25) is 5.91 Å². The minimum absolute atomic E-state index is 0.0884. The van der Waals surface area contributed by atoms with Gasteiger partial charge in [0.05, 0.1) is 16.8 Å². The molecule has 0 bridgehead atoms. The van der Waals surface area contributed by atoms with Crippen molar-refractivity contribution in [2.75, 3.05) is 4.90 Å². The highest BCUT2D eigenvalue weighted by atomic mass is 32.2. The van der Waals surface area contributed by atoms with Crippen LogP contribution in [0.4, 0.5) is 15.2 Å². The zero-order valence-corrected chi connectivity index (χ0v) is 19.9. The van der Waals surface area contributed by atoms with E-state index in [4.69, 9.17) is 4.98 Å². The van der Waals surface area contributed by atoms with Crippen LogP contribution in [0.15, 0.2) is 76.7 Å². The molecule has 0 aliphatic heterocycles. The van der Waals surface area contributed by atoms with Gasteiger partial charge >= 0.3 is 0 Å². The van der Waals surface area contributed by atoms with Gasteiger partial charge in [0.1, 0.15) is 22.0 Å². The number of hydrogen-bond acceptors (Lipinski definition) is 7. The Morgan fingerprint density at radius 2 is 1.82 bits per heavy atom. The summed E-state index contributed by atoms with van der Waals surface area (Å²) in [5.41, 5.74) is 3.57. The Kier molecular flexibility index (Phi) is 6.17. The molecule has 5 aromatic rings. The van der Waals surface area contributed by atoms with E-state index in [1.54, 1.807) is 46.5 Å². The molecular weight excluding hydrogens is 475 g/mol. The second-order valence-electron chi connectivity index (χ2n) is 7.12. The molecule has 33 heavy (non-hydrogen) atoms. The van der Waals surface area contributed by atoms with Crippen LogP contribution in [0.5, 0.6) is 0 Å². The molecule has 0 saturated carbocycles. The molecule has 0 fully saturated rings. The molecule has 5 rings (SSSR count). The fourth-order valence-electron chi connectivity index (χ4n) is 3.41. The summed E-state index contributed by atoms with van der Waals surface area (Å²) in [7, 11) is 0. The van der Waals surface area contributed by atoms with Gasteiger partial charge in [-0.1, -0.05) is 42.1 Å². The molecule has 0 atom stereocenters. The topological polar surface area (TPSA) is 59.0 Å². The molecule has 164 valence electrons. The fraction of sp³-hybridized carbons (Fsp3) is 0.0833. The summed E-state index contributed by atoms with van der Waals surface area (Å²) in [6.07, 6.45) is 1.56. The summed E-state index contributed by atoms with van der Waals surface area (Å²) >= 11 is 4.55. The molecule has 5 nitrogen and oxygen atoms in total. The molecule has 0 aliphatic carbocycles. The number of rotatable bonds is 6. The Morgan fingerprint density at radius 3 is 2.58 bits per heavy atom. The zero-order valence-electron chi connectivity index (χ0n) is 17.4. The number of fused-ring (bicyclic) bond motifs is 1. The van der Waals surface area contributed by atoms with Gasteiger partial charge in [-0.05, 0) is 29.8 Å². The highest BCUT2D eigenvalue weighted by Crippen LogP contribution is 2.39. The van der Waals surface area contributed by atoms with Crippen LogP contribution in [0.2, 0.25) is 0 Å². The summed E-state index contributed by atoms with van der Waals surface area (Å²) in [6.45, 7) is 1.54. The Labute approximate surface area is 202 Å². The van der Waals surface area contributed by atoms with E-state index < -0.39 is 0 Å². The number of nitrogens with zero attached hydrogens (tertiary/aromatic N) is 4. The number of carbonyl (C=O) groups excluding carboxylic acids is 1. The number of hydrogen-bond donors (Lipinski definition) is 0. The predicted molar refractivity (Wildman–Crippen MR) is 134 cm³/mol. The van der Waals surface area contributed by atoms with E-state index in [1.807, 2.05) is 41.1 Å². The van der Waals surface area contributed by atoms with Crippen molar-refractivity contribution >= 4 is 61.4 Å². The average Bonchev–Trinajstić information content (AvgIpc) is 3.47. The second-order valence-corrected chi connectivity index (χ2v) is 9.77. The van der Waals surface area contributed by atoms with Gasteiger partial charge in [0.15, 0.2) is 5.13 Å². The number of para-hydroxylation sites is 1. The molecule has 1 amide bonds. The largest absolute Gasteiger partial charge is 0.274 e. The van der Waals surface area contributed by atoms with Crippen LogP contribution >= 0.6 is 34.4 Å². The number of thiophene rings is 1. The number of anilines is 2. The molecule has 0 spiro atoms. The summed E-state index contributed by atoms with van der Waals surface area (Å²) in [4.78, 5) is 28.4. The van der Waals surface area contributed by atoms with Crippen molar-refractivity contribution in [1.82, 2.24) is 15.0 Å². The van der Waals surface area contributed by atoms with Gasteiger partial charge in [-0.2, -0.15) is 0 Å². The predicted octanol–water partition coefficient (Wildman–Crippen LogP) is 6.93. The van der Waals surface area contributed by atoms with E-state index in [2.05, 4.69) is 9.97 Å². The number of aromatic nitrogens is 3. The van der Waals surface area contributed by atoms with Crippen molar-refractivity contribution in [2.45, 2.75) is 17.7 Å². The second kappa shape index (κ2) is 9.38. The average molecular weight is 493 g/mol. The van der Waals surface area contributed by atoms with Crippen molar-refractivity contribution in [1.29, 1.82) is 0 Å². The lowest BCUT2D eigenvalue weighted by molar-refractivity contribution is -0.115. The summed E-state index contributed by atoms with van der Waals surface area (Å²) in [5.74, 6) is 0.245. The van der Waals surface area contributed by atoms with Crippen LogP contribution in [-0.4, -0.2) is 20.9 Å². The lowest BCUT2D eigenvalue weighted by Crippen LogP contribution is -2.22. The molecular formula is C24H17FN4OS3. The quantitative estimate of drug-likeness (QED) is 0.190. The van der Waals surface area contributed by atoms with Crippen molar-refractivity contribution in [3.05, 3.63) is 83.2 Å². The number of benzene rings is 2. The molecule has 9 heteroatoms. The normalized spacial score (nSPS) is 11.1.